The molecule has 0 saturated carbocycles. The minimum Gasteiger partial charge on any atom is -0.336 e. The number of nitrogens with one attached hydrogen (secondary N) is 1. The first kappa shape index (κ1) is 10.2. The quantitative estimate of drug-likeness (QED) is 0.825. The van der Waals surface area contributed by atoms with Crippen molar-refractivity contribution in [3.8, 4) is 0 Å². The van der Waals surface area contributed by atoms with Crippen molar-refractivity contribution in [3.05, 3.63) is 34.6 Å². The second kappa shape index (κ2) is 4.06. The third-order valence-electron chi connectivity index (χ3n) is 2.30. The third-order valence-corrected chi connectivity index (χ3v) is 2.59. The standard InChI is InChI=1S/C10H10ClFN2O/c11-8-5-7(1-2-9(8)12)6-14-4-3-13-10(14)15/h1-2,5H,3-4,6H2,(H,13,15). The Hall–Kier alpha value is -1.29. The van der Waals surface area contributed by atoms with Crippen molar-refractivity contribution in [2.24, 2.45) is 0 Å². The molecule has 0 spiro atoms. The van der Waals surface area contributed by atoms with Gasteiger partial charge in [-0.25, -0.2) is 9.18 Å². The molecule has 2 amide bonds. The second-order valence-corrected chi connectivity index (χ2v) is 3.81. The number of halogens is 2. The van der Waals surface area contributed by atoms with Crippen LogP contribution in [0.4, 0.5) is 9.18 Å². The smallest absolute Gasteiger partial charge is 0.317 e. The zero-order chi connectivity index (χ0) is 10.8. The highest BCUT2D eigenvalue weighted by atomic mass is 35.5. The van der Waals surface area contributed by atoms with Gasteiger partial charge in [0.1, 0.15) is 5.82 Å². The molecule has 1 heterocycles. The summed E-state index contributed by atoms with van der Waals surface area (Å²) in [5.74, 6) is -0.439. The van der Waals surface area contributed by atoms with Crippen LogP contribution >= 0.6 is 11.6 Å². The van der Waals surface area contributed by atoms with E-state index in [1.165, 1.54) is 6.07 Å². The van der Waals surface area contributed by atoms with Gasteiger partial charge in [0.15, 0.2) is 0 Å². The lowest BCUT2D eigenvalue weighted by Crippen LogP contribution is -2.27. The maximum atomic E-state index is 12.9. The Bertz CT molecular complexity index is 397. The van der Waals surface area contributed by atoms with Crippen LogP contribution in [-0.4, -0.2) is 24.0 Å². The van der Waals surface area contributed by atoms with E-state index in [-0.39, 0.29) is 11.1 Å². The molecule has 1 aromatic carbocycles. The molecule has 5 heteroatoms. The van der Waals surface area contributed by atoms with Gasteiger partial charge in [-0.1, -0.05) is 17.7 Å². The predicted molar refractivity (Wildman–Crippen MR) is 55.2 cm³/mol. The fourth-order valence-electron chi connectivity index (χ4n) is 1.52. The molecule has 1 saturated heterocycles. The van der Waals surface area contributed by atoms with E-state index in [1.54, 1.807) is 17.0 Å². The molecule has 1 fully saturated rings. The van der Waals surface area contributed by atoms with E-state index in [2.05, 4.69) is 5.32 Å². The van der Waals surface area contributed by atoms with Crippen LogP contribution < -0.4 is 5.32 Å². The molecule has 1 aromatic rings. The number of carbonyl (C=O) groups is 1. The van der Waals surface area contributed by atoms with Gasteiger partial charge in [-0.05, 0) is 17.7 Å². The average molecular weight is 229 g/mol. The predicted octanol–water partition coefficient (Wildman–Crippen LogP) is 2.00. The Morgan fingerprint density at radius 2 is 2.33 bits per heavy atom. The monoisotopic (exact) mass is 228 g/mol. The Morgan fingerprint density at radius 3 is 2.93 bits per heavy atom. The van der Waals surface area contributed by atoms with Crippen LogP contribution in [0.2, 0.25) is 5.02 Å². The molecular formula is C10H10ClFN2O. The highest BCUT2D eigenvalue weighted by Gasteiger charge is 2.19. The third kappa shape index (κ3) is 2.21. The first-order valence-electron chi connectivity index (χ1n) is 4.63. The van der Waals surface area contributed by atoms with Crippen LogP contribution in [0.3, 0.4) is 0 Å². The summed E-state index contributed by atoms with van der Waals surface area (Å²) in [7, 11) is 0. The SMILES string of the molecule is O=C1NCCN1Cc1ccc(F)c(Cl)c1. The Kier molecular flexibility index (Phi) is 2.77. The van der Waals surface area contributed by atoms with Crippen LogP contribution in [0.1, 0.15) is 5.56 Å². The Labute approximate surface area is 91.8 Å². The molecule has 3 nitrogen and oxygen atoms in total. The first-order chi connectivity index (χ1) is 7.16. The van der Waals surface area contributed by atoms with Crippen LogP contribution in [-0.2, 0) is 6.54 Å². The van der Waals surface area contributed by atoms with Crippen molar-refractivity contribution >= 4 is 17.6 Å². The van der Waals surface area contributed by atoms with Gasteiger partial charge >= 0.3 is 6.03 Å². The van der Waals surface area contributed by atoms with Crippen molar-refractivity contribution in [2.75, 3.05) is 13.1 Å². The molecule has 2 rings (SSSR count). The van der Waals surface area contributed by atoms with E-state index < -0.39 is 5.82 Å². The van der Waals surface area contributed by atoms with Crippen LogP contribution in [0.5, 0.6) is 0 Å². The molecule has 0 atom stereocenters. The number of amides is 2. The molecule has 0 bridgehead atoms. The summed E-state index contributed by atoms with van der Waals surface area (Å²) in [6.45, 7) is 1.80. The van der Waals surface area contributed by atoms with Gasteiger partial charge in [0.25, 0.3) is 0 Å². The van der Waals surface area contributed by atoms with Crippen LogP contribution in [0, 0.1) is 5.82 Å². The summed E-state index contributed by atoms with van der Waals surface area (Å²) in [5, 5.41) is 2.79. The fourth-order valence-corrected chi connectivity index (χ4v) is 1.72. The summed E-state index contributed by atoms with van der Waals surface area (Å²) >= 11 is 5.64. The second-order valence-electron chi connectivity index (χ2n) is 3.40. The molecular weight excluding hydrogens is 219 g/mol. The van der Waals surface area contributed by atoms with Crippen LogP contribution in [0.15, 0.2) is 18.2 Å². The maximum absolute atomic E-state index is 12.9. The molecule has 1 aliphatic rings. The highest BCUT2D eigenvalue weighted by molar-refractivity contribution is 6.30. The maximum Gasteiger partial charge on any atom is 0.317 e. The lowest BCUT2D eigenvalue weighted by molar-refractivity contribution is 0.215. The topological polar surface area (TPSA) is 32.3 Å². The zero-order valence-electron chi connectivity index (χ0n) is 7.96. The van der Waals surface area contributed by atoms with E-state index >= 15 is 0 Å². The highest BCUT2D eigenvalue weighted by Crippen LogP contribution is 2.17. The summed E-state index contributed by atoms with van der Waals surface area (Å²) in [6.07, 6.45) is 0. The Morgan fingerprint density at radius 1 is 1.53 bits per heavy atom. The number of rotatable bonds is 2. The van der Waals surface area contributed by atoms with E-state index in [0.29, 0.717) is 19.6 Å². The lowest BCUT2D eigenvalue weighted by Gasteiger charge is -2.14. The molecule has 1 N–H and O–H groups in total. The molecule has 15 heavy (non-hydrogen) atoms. The van der Waals surface area contributed by atoms with Gasteiger partial charge < -0.3 is 10.2 Å². The van der Waals surface area contributed by atoms with E-state index in [9.17, 15) is 9.18 Å². The van der Waals surface area contributed by atoms with Gasteiger partial charge in [0.05, 0.1) is 5.02 Å². The largest absolute Gasteiger partial charge is 0.336 e. The van der Waals surface area contributed by atoms with E-state index in [4.69, 9.17) is 11.6 Å². The van der Waals surface area contributed by atoms with Gasteiger partial charge in [-0.2, -0.15) is 0 Å². The molecule has 0 radical (unpaired) electrons. The van der Waals surface area contributed by atoms with Gasteiger partial charge in [0.2, 0.25) is 0 Å². The van der Waals surface area contributed by atoms with Crippen molar-refractivity contribution in [2.45, 2.75) is 6.54 Å². The van der Waals surface area contributed by atoms with Crippen LogP contribution in [0.25, 0.3) is 0 Å². The van der Waals surface area contributed by atoms with Crippen molar-refractivity contribution in [1.29, 1.82) is 0 Å². The van der Waals surface area contributed by atoms with E-state index in [1.807, 2.05) is 0 Å². The Balaban J connectivity index is 2.10. The number of urea groups is 1. The normalized spacial score (nSPS) is 15.6. The summed E-state index contributed by atoms with van der Waals surface area (Å²) < 4.78 is 12.9. The molecule has 1 aliphatic heterocycles. The number of benzene rings is 1. The number of carbonyl (C=O) groups excluding carboxylic acids is 1. The van der Waals surface area contributed by atoms with Gasteiger partial charge in [0, 0.05) is 19.6 Å². The molecule has 0 unspecified atom stereocenters. The van der Waals surface area contributed by atoms with Gasteiger partial charge in [-0.3, -0.25) is 0 Å². The summed E-state index contributed by atoms with van der Waals surface area (Å²) in [5.41, 5.74) is 0.832. The fraction of sp³-hybridized carbons (Fsp3) is 0.300. The summed E-state index contributed by atoms with van der Waals surface area (Å²) in [4.78, 5) is 12.9. The van der Waals surface area contributed by atoms with Crippen molar-refractivity contribution in [1.82, 2.24) is 10.2 Å². The van der Waals surface area contributed by atoms with Crippen molar-refractivity contribution in [3.63, 3.8) is 0 Å². The zero-order valence-corrected chi connectivity index (χ0v) is 8.72. The first-order valence-corrected chi connectivity index (χ1v) is 5.01. The molecule has 0 aliphatic carbocycles. The number of hydrogen-bond acceptors (Lipinski definition) is 1. The lowest BCUT2D eigenvalue weighted by atomic mass is 10.2. The van der Waals surface area contributed by atoms with E-state index in [0.717, 1.165) is 5.56 Å². The number of nitrogens with zero attached hydrogens (tertiary/aromatic N) is 1. The molecule has 80 valence electrons. The van der Waals surface area contributed by atoms with Crippen molar-refractivity contribution < 1.29 is 9.18 Å². The average Bonchev–Trinajstić information content (AvgIpc) is 2.59. The minimum atomic E-state index is -0.439. The summed E-state index contributed by atoms with van der Waals surface area (Å²) in [6, 6.07) is 4.40. The van der Waals surface area contributed by atoms with Gasteiger partial charge in [-0.15, -0.1) is 0 Å². The minimum absolute atomic E-state index is 0.0875. The number of hydrogen-bond donors (Lipinski definition) is 1. The molecule has 0 aromatic heterocycles.